The van der Waals surface area contributed by atoms with E-state index in [4.69, 9.17) is 0 Å². The molecule has 2 N–H and O–H groups in total. The van der Waals surface area contributed by atoms with Crippen LogP contribution < -0.4 is 20.4 Å². The third kappa shape index (κ3) is 4.14. The van der Waals surface area contributed by atoms with Gasteiger partial charge in [0.15, 0.2) is 0 Å². The van der Waals surface area contributed by atoms with E-state index in [2.05, 4.69) is 25.5 Å². The minimum absolute atomic E-state index is 0.181. The molecular formula is C19H23F3N6. The fourth-order valence-corrected chi connectivity index (χ4v) is 3.46. The number of aryl methyl sites for hydroxylation is 1. The van der Waals surface area contributed by atoms with Crippen LogP contribution in [0.25, 0.3) is 0 Å². The fourth-order valence-electron chi connectivity index (χ4n) is 3.46. The molecule has 2 saturated heterocycles. The Morgan fingerprint density at radius 3 is 2.54 bits per heavy atom. The largest absolute Gasteiger partial charge is 0.369 e. The summed E-state index contributed by atoms with van der Waals surface area (Å²) in [6.07, 6.45) is 1.26. The monoisotopic (exact) mass is 392 g/mol. The van der Waals surface area contributed by atoms with Gasteiger partial charge in [0.2, 0.25) is 0 Å². The normalized spacial score (nSPS) is 19.1. The van der Waals surface area contributed by atoms with Gasteiger partial charge in [-0.15, -0.1) is 0 Å². The molecule has 150 valence electrons. The summed E-state index contributed by atoms with van der Waals surface area (Å²) >= 11 is 0. The first kappa shape index (κ1) is 18.8. The van der Waals surface area contributed by atoms with Gasteiger partial charge in [-0.05, 0) is 6.92 Å². The molecule has 0 atom stereocenters. The van der Waals surface area contributed by atoms with Crippen molar-refractivity contribution in [3.05, 3.63) is 35.8 Å². The van der Waals surface area contributed by atoms with Gasteiger partial charge >= 0.3 is 0 Å². The van der Waals surface area contributed by atoms with Gasteiger partial charge < -0.3 is 20.4 Å². The third-order valence-corrected chi connectivity index (χ3v) is 5.07. The number of aromatic nitrogens is 2. The molecule has 0 spiro atoms. The second-order valence-electron chi connectivity index (χ2n) is 7.28. The molecule has 4 rings (SSSR count). The van der Waals surface area contributed by atoms with Crippen molar-refractivity contribution in [2.45, 2.75) is 19.3 Å². The SMILES string of the molecule is Cc1cnc(Nc2cc(N3CCNCC3)cc(N3CCC(F)(F)C3)n2)cc1F. The lowest BCUT2D eigenvalue weighted by atomic mass is 10.2. The van der Waals surface area contributed by atoms with E-state index in [0.29, 0.717) is 23.0 Å². The molecule has 0 amide bonds. The number of piperazine rings is 1. The van der Waals surface area contributed by atoms with Crippen LogP contribution in [-0.4, -0.2) is 55.2 Å². The molecule has 0 unspecified atom stereocenters. The number of rotatable bonds is 4. The first-order valence-corrected chi connectivity index (χ1v) is 9.39. The van der Waals surface area contributed by atoms with E-state index in [1.165, 1.54) is 12.3 Å². The Kier molecular flexibility index (Phi) is 5.01. The summed E-state index contributed by atoms with van der Waals surface area (Å²) in [4.78, 5) is 12.5. The van der Waals surface area contributed by atoms with E-state index in [9.17, 15) is 13.2 Å². The Morgan fingerprint density at radius 1 is 1.07 bits per heavy atom. The number of hydrogen-bond donors (Lipinski definition) is 2. The molecule has 28 heavy (non-hydrogen) atoms. The second-order valence-corrected chi connectivity index (χ2v) is 7.28. The van der Waals surface area contributed by atoms with Gasteiger partial charge in [-0.2, -0.15) is 0 Å². The van der Waals surface area contributed by atoms with E-state index in [-0.39, 0.29) is 25.3 Å². The summed E-state index contributed by atoms with van der Waals surface area (Å²) < 4.78 is 41.3. The van der Waals surface area contributed by atoms with Gasteiger partial charge in [-0.3, -0.25) is 0 Å². The first-order valence-electron chi connectivity index (χ1n) is 9.39. The maximum Gasteiger partial charge on any atom is 0.266 e. The Balaban J connectivity index is 1.65. The van der Waals surface area contributed by atoms with Crippen LogP contribution in [0.2, 0.25) is 0 Å². The zero-order chi connectivity index (χ0) is 19.7. The van der Waals surface area contributed by atoms with E-state index in [1.54, 1.807) is 11.8 Å². The summed E-state index contributed by atoms with van der Waals surface area (Å²) in [6, 6.07) is 5.00. The highest BCUT2D eigenvalue weighted by Crippen LogP contribution is 2.33. The second kappa shape index (κ2) is 7.46. The summed E-state index contributed by atoms with van der Waals surface area (Å²) in [6.45, 7) is 4.89. The Bertz CT molecular complexity index is 854. The van der Waals surface area contributed by atoms with Crippen molar-refractivity contribution in [1.29, 1.82) is 0 Å². The Morgan fingerprint density at radius 2 is 1.86 bits per heavy atom. The van der Waals surface area contributed by atoms with Crippen LogP contribution in [-0.2, 0) is 0 Å². The van der Waals surface area contributed by atoms with Crippen molar-refractivity contribution in [2.75, 3.05) is 54.4 Å². The molecule has 0 saturated carbocycles. The van der Waals surface area contributed by atoms with Crippen LogP contribution in [0.5, 0.6) is 0 Å². The molecule has 2 aliphatic heterocycles. The number of alkyl halides is 2. The Hall–Kier alpha value is -2.55. The minimum atomic E-state index is -2.71. The summed E-state index contributed by atoms with van der Waals surface area (Å²) in [7, 11) is 0. The van der Waals surface area contributed by atoms with Crippen LogP contribution >= 0.6 is 0 Å². The Labute approximate surface area is 161 Å². The van der Waals surface area contributed by atoms with Gasteiger partial charge in [0.25, 0.3) is 5.92 Å². The maximum atomic E-state index is 13.9. The highest BCUT2D eigenvalue weighted by Gasteiger charge is 2.39. The zero-order valence-corrected chi connectivity index (χ0v) is 15.7. The number of nitrogens with one attached hydrogen (secondary N) is 2. The molecule has 0 aliphatic carbocycles. The molecule has 2 fully saturated rings. The van der Waals surface area contributed by atoms with Crippen LogP contribution in [0.1, 0.15) is 12.0 Å². The topological polar surface area (TPSA) is 56.3 Å². The van der Waals surface area contributed by atoms with E-state index in [0.717, 1.165) is 31.9 Å². The number of pyridine rings is 2. The number of hydrogen-bond acceptors (Lipinski definition) is 6. The number of halogens is 3. The van der Waals surface area contributed by atoms with E-state index < -0.39 is 5.92 Å². The molecule has 2 aliphatic rings. The molecule has 4 heterocycles. The average Bonchev–Trinajstić information content (AvgIpc) is 3.05. The van der Waals surface area contributed by atoms with Crippen LogP contribution in [0.3, 0.4) is 0 Å². The molecule has 9 heteroatoms. The van der Waals surface area contributed by atoms with Crippen molar-refractivity contribution >= 4 is 23.1 Å². The van der Waals surface area contributed by atoms with E-state index >= 15 is 0 Å². The fraction of sp³-hybridized carbons (Fsp3) is 0.474. The zero-order valence-electron chi connectivity index (χ0n) is 15.7. The molecule has 0 aromatic carbocycles. The lowest BCUT2D eigenvalue weighted by molar-refractivity contribution is 0.0256. The summed E-state index contributed by atoms with van der Waals surface area (Å²) in [5, 5.41) is 6.31. The standard InChI is InChI=1S/C19H23F3N6/c1-13-11-24-16(10-15(13)20)25-17-8-14(27-6-3-23-4-7-27)9-18(26-17)28-5-2-19(21,22)12-28/h8-11,23H,2-7,12H2,1H3,(H,24,25,26). The quantitative estimate of drug-likeness (QED) is 0.835. The van der Waals surface area contributed by atoms with Gasteiger partial charge in [-0.25, -0.2) is 23.1 Å². The van der Waals surface area contributed by atoms with Crippen molar-refractivity contribution in [3.63, 3.8) is 0 Å². The van der Waals surface area contributed by atoms with Crippen molar-refractivity contribution < 1.29 is 13.2 Å². The van der Waals surface area contributed by atoms with Crippen LogP contribution in [0.15, 0.2) is 24.4 Å². The van der Waals surface area contributed by atoms with Crippen LogP contribution in [0, 0.1) is 12.7 Å². The van der Waals surface area contributed by atoms with Gasteiger partial charge in [0.1, 0.15) is 23.3 Å². The molecular weight excluding hydrogens is 369 g/mol. The molecule has 2 aromatic rings. The highest BCUT2D eigenvalue weighted by molar-refractivity contribution is 5.66. The molecule has 0 bridgehead atoms. The summed E-state index contributed by atoms with van der Waals surface area (Å²) in [5.41, 5.74) is 1.35. The van der Waals surface area contributed by atoms with Crippen LogP contribution in [0.4, 0.5) is 36.3 Å². The third-order valence-electron chi connectivity index (χ3n) is 5.07. The lowest BCUT2D eigenvalue weighted by Crippen LogP contribution is -2.43. The maximum absolute atomic E-state index is 13.9. The average molecular weight is 392 g/mol. The minimum Gasteiger partial charge on any atom is -0.369 e. The number of nitrogens with zero attached hydrogens (tertiary/aromatic N) is 4. The molecule has 2 aromatic heterocycles. The predicted molar refractivity (Wildman–Crippen MR) is 103 cm³/mol. The van der Waals surface area contributed by atoms with Gasteiger partial charge in [0, 0.05) is 74.8 Å². The van der Waals surface area contributed by atoms with Crippen molar-refractivity contribution in [2.24, 2.45) is 0 Å². The van der Waals surface area contributed by atoms with Gasteiger partial charge in [-0.1, -0.05) is 0 Å². The molecule has 6 nitrogen and oxygen atoms in total. The molecule has 0 radical (unpaired) electrons. The lowest BCUT2D eigenvalue weighted by Gasteiger charge is -2.30. The highest BCUT2D eigenvalue weighted by atomic mass is 19.3. The smallest absolute Gasteiger partial charge is 0.266 e. The summed E-state index contributed by atoms with van der Waals surface area (Å²) in [5.74, 6) is -1.80. The number of anilines is 4. The van der Waals surface area contributed by atoms with Crippen molar-refractivity contribution in [1.82, 2.24) is 15.3 Å². The van der Waals surface area contributed by atoms with Gasteiger partial charge in [0.05, 0.1) is 6.54 Å². The predicted octanol–water partition coefficient (Wildman–Crippen LogP) is 2.92. The first-order chi connectivity index (χ1) is 13.4. The van der Waals surface area contributed by atoms with Crippen molar-refractivity contribution in [3.8, 4) is 0 Å². The van der Waals surface area contributed by atoms with E-state index in [1.807, 2.05) is 12.1 Å².